The molecule has 14 heteroatoms. The van der Waals surface area contributed by atoms with Gasteiger partial charge >= 0.3 is 10.8 Å². The average Bonchev–Trinajstić information content (AvgIpc) is 3.84. The van der Waals surface area contributed by atoms with Crippen LogP contribution < -0.4 is 19.8 Å². The largest absolute Gasteiger partial charge is 0.484 e. The van der Waals surface area contributed by atoms with Gasteiger partial charge in [0.15, 0.2) is 6.61 Å². The Balaban J connectivity index is 1.03. The first kappa shape index (κ1) is 33.1. The van der Waals surface area contributed by atoms with Crippen molar-refractivity contribution in [1.82, 2.24) is 4.98 Å². The summed E-state index contributed by atoms with van der Waals surface area (Å²) in [4.78, 5) is 70.5. The number of imide groups is 1. The van der Waals surface area contributed by atoms with Gasteiger partial charge in [0, 0.05) is 21.7 Å². The fourth-order valence-corrected chi connectivity index (χ4v) is 11.5. The lowest BCUT2D eigenvalue weighted by atomic mass is 9.68. The summed E-state index contributed by atoms with van der Waals surface area (Å²) >= 11 is 14.8. The molecule has 256 valence electrons. The van der Waals surface area contributed by atoms with E-state index in [1.54, 1.807) is 73.3 Å². The Morgan fingerprint density at radius 2 is 1.66 bits per heavy atom. The van der Waals surface area contributed by atoms with Crippen LogP contribution in [0, 0.1) is 29.6 Å². The van der Waals surface area contributed by atoms with Crippen LogP contribution in [-0.4, -0.2) is 47.1 Å². The molecular weight excluding hydrogens is 721 g/mol. The van der Waals surface area contributed by atoms with Gasteiger partial charge in [-0.3, -0.25) is 24.1 Å². The van der Waals surface area contributed by atoms with E-state index in [0.29, 0.717) is 32.7 Å². The van der Waals surface area contributed by atoms with Crippen molar-refractivity contribution in [2.45, 2.75) is 29.5 Å². The third-order valence-corrected chi connectivity index (χ3v) is 13.5. The Morgan fingerprint density at radius 1 is 0.940 bits per heavy atom. The van der Waals surface area contributed by atoms with Crippen molar-refractivity contribution in [3.63, 3.8) is 0 Å². The predicted octanol–water partition coefficient (Wildman–Crippen LogP) is 6.62. The van der Waals surface area contributed by atoms with Crippen molar-refractivity contribution in [2.75, 3.05) is 23.4 Å². The normalized spacial score (nSPS) is 26.0. The topological polar surface area (TPSA) is 135 Å². The maximum atomic E-state index is 14.1. The number of ether oxygens (including phenoxy) is 2. The number of nitrogens with zero attached hydrogens (tertiary/aromatic N) is 1. The number of halogens is 2. The second-order valence-electron chi connectivity index (χ2n) is 12.8. The molecule has 10 nitrogen and oxygen atoms in total. The first-order valence-corrected chi connectivity index (χ1v) is 18.6. The van der Waals surface area contributed by atoms with Gasteiger partial charge in [-0.2, -0.15) is 0 Å². The third kappa shape index (κ3) is 5.53. The van der Waals surface area contributed by atoms with Gasteiger partial charge in [0.05, 0.1) is 44.8 Å². The van der Waals surface area contributed by atoms with Gasteiger partial charge in [-0.1, -0.05) is 46.7 Å². The van der Waals surface area contributed by atoms with Gasteiger partial charge in [0.25, 0.3) is 5.91 Å². The van der Waals surface area contributed by atoms with E-state index in [9.17, 15) is 24.0 Å². The molecule has 1 aromatic heterocycles. The van der Waals surface area contributed by atoms with E-state index in [0.717, 1.165) is 21.9 Å². The monoisotopic (exact) mass is 749 g/mol. The molecule has 1 saturated heterocycles. The summed E-state index contributed by atoms with van der Waals surface area (Å²) in [6.07, 6.45) is 0.760. The second-order valence-corrected chi connectivity index (χ2v) is 15.8. The van der Waals surface area contributed by atoms with Crippen LogP contribution in [0.5, 0.6) is 5.75 Å². The van der Waals surface area contributed by atoms with Gasteiger partial charge < -0.3 is 19.8 Å². The number of aromatic amines is 1. The SMILES string of the molecule is CCOC(=O)c1ccc(N2C(=O)C3C(C2=O)[C@@H]2C[C@H]3C3Sc4[nH]c(=O)sc4[C@H](c4ccc(OCC(=O)Nc5ccc(Cl)c(Cl)c5)cc4)C32)cc1. The van der Waals surface area contributed by atoms with Gasteiger partial charge in [0.2, 0.25) is 11.8 Å². The number of amides is 3. The minimum atomic E-state index is -0.463. The van der Waals surface area contributed by atoms with Crippen LogP contribution in [0.4, 0.5) is 11.4 Å². The third-order valence-electron chi connectivity index (χ3n) is 10.2. The molecule has 4 aliphatic rings. The molecule has 2 aliphatic heterocycles. The Kier molecular flexibility index (Phi) is 8.53. The zero-order valence-electron chi connectivity index (χ0n) is 26.4. The summed E-state index contributed by atoms with van der Waals surface area (Å²) in [5.74, 6) is -1.88. The number of benzene rings is 3. The number of H-pyrrole nitrogens is 1. The van der Waals surface area contributed by atoms with Crippen LogP contribution in [0.1, 0.15) is 40.1 Å². The molecule has 2 bridgehead atoms. The average molecular weight is 751 g/mol. The number of thioether (sulfide) groups is 1. The number of thiazole rings is 1. The molecule has 50 heavy (non-hydrogen) atoms. The zero-order chi connectivity index (χ0) is 34.8. The van der Waals surface area contributed by atoms with E-state index >= 15 is 0 Å². The highest BCUT2D eigenvalue weighted by molar-refractivity contribution is 8.00. The summed E-state index contributed by atoms with van der Waals surface area (Å²) in [6.45, 7) is 1.75. The fourth-order valence-electron chi connectivity index (χ4n) is 8.30. The Hall–Kier alpha value is -4.10. The van der Waals surface area contributed by atoms with Crippen molar-refractivity contribution in [1.29, 1.82) is 0 Å². The summed E-state index contributed by atoms with van der Waals surface area (Å²) < 4.78 is 10.8. The molecule has 2 saturated carbocycles. The number of esters is 1. The Labute approximate surface area is 304 Å². The van der Waals surface area contributed by atoms with Crippen LogP contribution in [-0.2, 0) is 19.1 Å². The van der Waals surface area contributed by atoms with E-state index in [-0.39, 0.29) is 64.7 Å². The molecule has 3 fully saturated rings. The molecule has 2 aliphatic carbocycles. The first-order chi connectivity index (χ1) is 24.1. The van der Waals surface area contributed by atoms with Crippen LogP contribution in [0.15, 0.2) is 76.6 Å². The van der Waals surface area contributed by atoms with Gasteiger partial charge in [-0.25, -0.2) is 4.79 Å². The fraction of sp³-hybridized carbons (Fsp3) is 0.306. The van der Waals surface area contributed by atoms with Crippen molar-refractivity contribution in [3.8, 4) is 5.75 Å². The summed E-state index contributed by atoms with van der Waals surface area (Å²) in [7, 11) is 0. The number of fused-ring (bicyclic) bond motifs is 9. The number of aromatic nitrogens is 1. The van der Waals surface area contributed by atoms with Crippen LogP contribution in [0.2, 0.25) is 10.0 Å². The predicted molar refractivity (Wildman–Crippen MR) is 190 cm³/mol. The van der Waals surface area contributed by atoms with Gasteiger partial charge in [-0.15, -0.1) is 11.8 Å². The first-order valence-electron chi connectivity index (χ1n) is 16.1. The number of carbonyl (C=O) groups is 4. The molecule has 7 atom stereocenters. The quantitative estimate of drug-likeness (QED) is 0.152. The van der Waals surface area contributed by atoms with Crippen LogP contribution in [0.25, 0.3) is 0 Å². The zero-order valence-corrected chi connectivity index (χ0v) is 29.5. The number of rotatable bonds is 8. The van der Waals surface area contributed by atoms with Gasteiger partial charge in [-0.05, 0) is 91.3 Å². The second kappa shape index (κ2) is 12.9. The summed E-state index contributed by atoms with van der Waals surface area (Å²) in [6, 6.07) is 18.7. The maximum Gasteiger partial charge on any atom is 0.338 e. The number of anilines is 2. The van der Waals surface area contributed by atoms with Crippen molar-refractivity contribution in [3.05, 3.63) is 102 Å². The molecule has 3 aromatic carbocycles. The molecule has 3 amide bonds. The molecule has 8 rings (SSSR count). The molecular formula is C36H29Cl2N3O7S2. The van der Waals surface area contributed by atoms with E-state index in [2.05, 4.69) is 10.3 Å². The standard InChI is InChI=1S/C36H29Cl2N3O7S2/c1-2-47-35(45)17-3-8-19(9-4-17)41-33(43)28-21-14-22(29(28)34(41)44)30-27(21)26(31-32(49-30)40-36(46)50-31)16-5-10-20(11-6-16)48-15-25(42)39-18-7-12-23(37)24(38)13-18/h3-13,21-22,26-30H,2,14-15H2,1H3,(H,39,42)(H,40,46)/t21-,22-,26-,27?,28?,29?,30?/m1/s1. The highest BCUT2D eigenvalue weighted by atomic mass is 35.5. The number of hydrogen-bond acceptors (Lipinski definition) is 9. The molecule has 4 aromatic rings. The van der Waals surface area contributed by atoms with Crippen LogP contribution >= 0.6 is 46.3 Å². The number of carbonyl (C=O) groups excluding carboxylic acids is 4. The van der Waals surface area contributed by atoms with E-state index in [1.807, 2.05) is 12.1 Å². The lowest BCUT2D eigenvalue weighted by Gasteiger charge is -2.43. The Bertz CT molecular complexity index is 2100. The summed E-state index contributed by atoms with van der Waals surface area (Å²) in [5, 5.41) is 4.30. The smallest absolute Gasteiger partial charge is 0.338 e. The molecule has 2 N–H and O–H groups in total. The lowest BCUT2D eigenvalue weighted by Crippen LogP contribution is -2.42. The highest BCUT2D eigenvalue weighted by Crippen LogP contribution is 2.68. The molecule has 0 radical (unpaired) electrons. The van der Waals surface area contributed by atoms with Gasteiger partial charge in [0.1, 0.15) is 5.75 Å². The number of nitrogens with one attached hydrogen (secondary N) is 2. The Morgan fingerprint density at radius 3 is 2.36 bits per heavy atom. The van der Waals surface area contributed by atoms with E-state index in [4.69, 9.17) is 32.7 Å². The number of hydrogen-bond donors (Lipinski definition) is 2. The minimum Gasteiger partial charge on any atom is -0.484 e. The van der Waals surface area contributed by atoms with Crippen LogP contribution in [0.3, 0.4) is 0 Å². The highest BCUT2D eigenvalue weighted by Gasteiger charge is 2.69. The van der Waals surface area contributed by atoms with Crippen molar-refractivity contribution < 1.29 is 28.7 Å². The lowest BCUT2D eigenvalue weighted by molar-refractivity contribution is -0.123. The summed E-state index contributed by atoms with van der Waals surface area (Å²) in [5.41, 5.74) is 2.26. The minimum absolute atomic E-state index is 0.0248. The molecule has 0 spiro atoms. The van der Waals surface area contributed by atoms with Crippen molar-refractivity contribution >= 4 is 81.4 Å². The molecule has 3 heterocycles. The van der Waals surface area contributed by atoms with Crippen molar-refractivity contribution in [2.24, 2.45) is 29.6 Å². The van der Waals surface area contributed by atoms with E-state index < -0.39 is 17.8 Å². The van der Waals surface area contributed by atoms with E-state index in [1.165, 1.54) is 16.2 Å². The molecule has 4 unspecified atom stereocenters. The maximum absolute atomic E-state index is 14.1.